The average molecular weight is 354 g/mol. The van der Waals surface area contributed by atoms with Gasteiger partial charge in [-0.2, -0.15) is 0 Å². The van der Waals surface area contributed by atoms with Gasteiger partial charge in [-0.05, 0) is 81.6 Å². The van der Waals surface area contributed by atoms with Gasteiger partial charge in [0.25, 0.3) is 0 Å². The smallest absolute Gasteiger partial charge is 0.0498 e. The SMILES string of the molecule is CCc1c(-c2ccncc2)[nH]c2ccc(SC)cc12.CN1CCCC1. The summed E-state index contributed by atoms with van der Waals surface area (Å²) in [6.45, 7) is 4.85. The van der Waals surface area contributed by atoms with Gasteiger partial charge in [-0.3, -0.25) is 4.98 Å². The molecular formula is C21H27N3S. The number of nitrogens with one attached hydrogen (secondary N) is 1. The van der Waals surface area contributed by atoms with E-state index >= 15 is 0 Å². The summed E-state index contributed by atoms with van der Waals surface area (Å²) in [4.78, 5) is 11.3. The Balaban J connectivity index is 0.000000258. The highest BCUT2D eigenvalue weighted by atomic mass is 32.2. The summed E-state index contributed by atoms with van der Waals surface area (Å²) in [7, 11) is 2.17. The molecule has 2 aromatic heterocycles. The molecule has 3 nitrogen and oxygen atoms in total. The zero-order valence-electron chi connectivity index (χ0n) is 15.4. The number of hydrogen-bond acceptors (Lipinski definition) is 3. The van der Waals surface area contributed by atoms with Gasteiger partial charge in [-0.1, -0.05) is 6.92 Å². The number of H-pyrrole nitrogens is 1. The zero-order valence-corrected chi connectivity index (χ0v) is 16.2. The summed E-state index contributed by atoms with van der Waals surface area (Å²) in [6, 6.07) is 10.7. The first kappa shape index (κ1) is 18.0. The van der Waals surface area contributed by atoms with Crippen LogP contribution in [0.25, 0.3) is 22.2 Å². The van der Waals surface area contributed by atoms with Crippen molar-refractivity contribution in [1.29, 1.82) is 0 Å². The summed E-state index contributed by atoms with van der Waals surface area (Å²) in [5, 5.41) is 1.33. The summed E-state index contributed by atoms with van der Waals surface area (Å²) >= 11 is 1.78. The Hall–Kier alpha value is -1.78. The van der Waals surface area contributed by atoms with Crippen molar-refractivity contribution in [3.63, 3.8) is 0 Å². The van der Waals surface area contributed by atoms with Gasteiger partial charge in [0.15, 0.2) is 0 Å². The van der Waals surface area contributed by atoms with Crippen LogP contribution < -0.4 is 0 Å². The molecular weight excluding hydrogens is 326 g/mol. The van der Waals surface area contributed by atoms with Gasteiger partial charge >= 0.3 is 0 Å². The minimum atomic E-state index is 1.02. The van der Waals surface area contributed by atoms with Crippen LogP contribution in [0.2, 0.25) is 0 Å². The van der Waals surface area contributed by atoms with E-state index in [9.17, 15) is 0 Å². The monoisotopic (exact) mass is 353 g/mol. The lowest BCUT2D eigenvalue weighted by molar-refractivity contribution is 0.418. The van der Waals surface area contributed by atoms with Crippen molar-refractivity contribution in [3.05, 3.63) is 48.3 Å². The number of hydrogen-bond donors (Lipinski definition) is 1. The van der Waals surface area contributed by atoms with Crippen molar-refractivity contribution in [2.75, 3.05) is 26.4 Å². The van der Waals surface area contributed by atoms with E-state index in [4.69, 9.17) is 0 Å². The van der Waals surface area contributed by atoms with Crippen molar-refractivity contribution >= 4 is 22.7 Å². The predicted octanol–water partition coefficient (Wildman–Crippen LogP) is 5.23. The number of aryl methyl sites for hydroxylation is 1. The highest BCUT2D eigenvalue weighted by molar-refractivity contribution is 7.98. The summed E-state index contributed by atoms with van der Waals surface area (Å²) < 4.78 is 0. The number of aromatic amines is 1. The van der Waals surface area contributed by atoms with Gasteiger partial charge in [0.1, 0.15) is 0 Å². The number of pyridine rings is 1. The Morgan fingerprint density at radius 2 is 1.84 bits per heavy atom. The highest BCUT2D eigenvalue weighted by Gasteiger charge is 2.11. The summed E-state index contributed by atoms with van der Waals surface area (Å²) in [5.74, 6) is 0. The van der Waals surface area contributed by atoms with E-state index < -0.39 is 0 Å². The second-order valence-electron chi connectivity index (χ2n) is 6.49. The van der Waals surface area contributed by atoms with Crippen LogP contribution >= 0.6 is 11.8 Å². The number of thioether (sulfide) groups is 1. The van der Waals surface area contributed by atoms with Gasteiger partial charge < -0.3 is 9.88 Å². The molecule has 1 aliphatic heterocycles. The maximum Gasteiger partial charge on any atom is 0.0498 e. The maximum absolute atomic E-state index is 4.09. The van der Waals surface area contributed by atoms with Gasteiger partial charge in [0.05, 0.1) is 0 Å². The molecule has 1 N–H and O–H groups in total. The first-order chi connectivity index (χ1) is 12.2. The zero-order chi connectivity index (χ0) is 17.6. The molecule has 1 saturated heterocycles. The lowest BCUT2D eigenvalue weighted by Gasteiger charge is -2.02. The van der Waals surface area contributed by atoms with Crippen LogP contribution in [-0.2, 0) is 6.42 Å². The molecule has 1 aromatic carbocycles. The lowest BCUT2D eigenvalue weighted by atomic mass is 10.0. The lowest BCUT2D eigenvalue weighted by Crippen LogP contribution is -2.10. The molecule has 0 amide bonds. The molecule has 25 heavy (non-hydrogen) atoms. The topological polar surface area (TPSA) is 31.9 Å². The van der Waals surface area contributed by atoms with E-state index in [1.54, 1.807) is 11.8 Å². The Labute approximate surface area is 154 Å². The van der Waals surface area contributed by atoms with Crippen molar-refractivity contribution in [2.24, 2.45) is 0 Å². The van der Waals surface area contributed by atoms with Crippen LogP contribution in [0.3, 0.4) is 0 Å². The van der Waals surface area contributed by atoms with Crippen molar-refractivity contribution < 1.29 is 0 Å². The normalized spacial score (nSPS) is 14.5. The third-order valence-corrected chi connectivity index (χ3v) is 5.49. The van der Waals surface area contributed by atoms with Crippen LogP contribution in [0.15, 0.2) is 47.6 Å². The number of fused-ring (bicyclic) bond motifs is 1. The second-order valence-corrected chi connectivity index (χ2v) is 7.37. The van der Waals surface area contributed by atoms with Crippen LogP contribution in [0.5, 0.6) is 0 Å². The number of likely N-dealkylation sites (tertiary alicyclic amines) is 1. The van der Waals surface area contributed by atoms with Crippen LogP contribution in [0.4, 0.5) is 0 Å². The molecule has 0 spiro atoms. The van der Waals surface area contributed by atoms with E-state index in [1.807, 2.05) is 12.4 Å². The molecule has 4 rings (SSSR count). The van der Waals surface area contributed by atoms with Crippen LogP contribution in [-0.4, -0.2) is 41.3 Å². The largest absolute Gasteiger partial charge is 0.354 e. The number of rotatable bonds is 3. The third-order valence-electron chi connectivity index (χ3n) is 4.77. The summed E-state index contributed by atoms with van der Waals surface area (Å²) in [5.41, 5.74) is 5.02. The molecule has 0 radical (unpaired) electrons. The Morgan fingerprint density at radius 3 is 2.40 bits per heavy atom. The quantitative estimate of drug-likeness (QED) is 0.655. The average Bonchev–Trinajstić information content (AvgIpc) is 3.28. The van der Waals surface area contributed by atoms with Crippen LogP contribution in [0, 0.1) is 0 Å². The minimum Gasteiger partial charge on any atom is -0.354 e. The van der Waals surface area contributed by atoms with E-state index in [2.05, 4.69) is 65.4 Å². The number of aromatic nitrogens is 2. The predicted molar refractivity (Wildman–Crippen MR) is 109 cm³/mol. The number of benzene rings is 1. The van der Waals surface area contributed by atoms with E-state index in [0.717, 1.165) is 6.42 Å². The molecule has 0 atom stereocenters. The van der Waals surface area contributed by atoms with Crippen molar-refractivity contribution in [1.82, 2.24) is 14.9 Å². The second kappa shape index (κ2) is 8.54. The molecule has 4 heteroatoms. The molecule has 0 saturated carbocycles. The molecule has 132 valence electrons. The van der Waals surface area contributed by atoms with Crippen molar-refractivity contribution in [3.8, 4) is 11.3 Å². The van der Waals surface area contributed by atoms with Crippen LogP contribution in [0.1, 0.15) is 25.3 Å². The standard InChI is InChI=1S/C16H16N2S.C5H11N/c1-3-13-14-10-12(19-2)4-5-15(14)18-16(13)11-6-8-17-9-7-11;1-6-4-2-3-5-6/h4-10,18H,3H2,1-2H3;2-5H2,1H3. The third kappa shape index (κ3) is 4.25. The van der Waals surface area contributed by atoms with Gasteiger partial charge in [0.2, 0.25) is 0 Å². The van der Waals surface area contributed by atoms with Crippen molar-refractivity contribution in [2.45, 2.75) is 31.1 Å². The molecule has 3 aromatic rings. The number of nitrogens with zero attached hydrogens (tertiary/aromatic N) is 2. The fourth-order valence-corrected chi connectivity index (χ4v) is 3.80. The highest BCUT2D eigenvalue weighted by Crippen LogP contribution is 2.32. The molecule has 1 fully saturated rings. The molecule has 1 aliphatic rings. The fourth-order valence-electron chi connectivity index (χ4n) is 3.36. The Kier molecular flexibility index (Phi) is 6.16. The molecule has 0 aliphatic carbocycles. The molecule has 0 bridgehead atoms. The van der Waals surface area contributed by atoms with E-state index in [0.29, 0.717) is 0 Å². The fraction of sp³-hybridized carbons (Fsp3) is 0.381. The Morgan fingerprint density at radius 1 is 1.12 bits per heavy atom. The first-order valence-electron chi connectivity index (χ1n) is 9.00. The van der Waals surface area contributed by atoms with Gasteiger partial charge in [-0.25, -0.2) is 0 Å². The molecule has 0 unspecified atom stereocenters. The summed E-state index contributed by atoms with van der Waals surface area (Å²) in [6.07, 6.45) is 9.65. The first-order valence-corrected chi connectivity index (χ1v) is 10.2. The van der Waals surface area contributed by atoms with Gasteiger partial charge in [0, 0.05) is 39.4 Å². The van der Waals surface area contributed by atoms with E-state index in [-0.39, 0.29) is 0 Å². The maximum atomic E-state index is 4.09. The van der Waals surface area contributed by atoms with E-state index in [1.165, 1.54) is 58.6 Å². The van der Waals surface area contributed by atoms with Gasteiger partial charge in [-0.15, -0.1) is 11.8 Å². The minimum absolute atomic E-state index is 1.02. The molecule has 3 heterocycles. The Bertz CT molecular complexity index is 805.